The summed E-state index contributed by atoms with van der Waals surface area (Å²) in [6, 6.07) is 2.36. The largest absolute Gasteiger partial charge is 0.381 e. The summed E-state index contributed by atoms with van der Waals surface area (Å²) in [6.07, 6.45) is 7.73. The number of hydrogen-bond acceptors (Lipinski definition) is 5. The van der Waals surface area contributed by atoms with Crippen molar-refractivity contribution in [3.63, 3.8) is 0 Å². The summed E-state index contributed by atoms with van der Waals surface area (Å²) in [7, 11) is 1.75. The zero-order valence-electron chi connectivity index (χ0n) is 9.89. The normalized spacial score (nSPS) is 24.0. The first-order chi connectivity index (χ1) is 8.33. The van der Waals surface area contributed by atoms with Gasteiger partial charge in [0.1, 0.15) is 6.07 Å². The van der Waals surface area contributed by atoms with E-state index in [-0.39, 0.29) is 0 Å². The summed E-state index contributed by atoms with van der Waals surface area (Å²) in [5.74, 6) is 0.580. The van der Waals surface area contributed by atoms with Gasteiger partial charge in [-0.3, -0.25) is 0 Å². The van der Waals surface area contributed by atoms with Gasteiger partial charge in [0.15, 0.2) is 11.5 Å². The van der Waals surface area contributed by atoms with Crippen molar-refractivity contribution in [1.82, 2.24) is 9.97 Å². The second-order valence-corrected chi connectivity index (χ2v) is 4.23. The van der Waals surface area contributed by atoms with Gasteiger partial charge in [0.25, 0.3) is 0 Å². The van der Waals surface area contributed by atoms with Gasteiger partial charge in [-0.05, 0) is 25.7 Å². The van der Waals surface area contributed by atoms with Crippen molar-refractivity contribution in [2.45, 2.75) is 37.8 Å². The molecule has 2 atom stereocenters. The fourth-order valence-electron chi connectivity index (χ4n) is 2.21. The Morgan fingerprint density at radius 1 is 1.41 bits per heavy atom. The SMILES string of the molecule is COC1CCCC(Nc2nccnc2C#N)C1. The quantitative estimate of drug-likeness (QED) is 0.859. The lowest BCUT2D eigenvalue weighted by Gasteiger charge is -2.29. The van der Waals surface area contributed by atoms with Crippen molar-refractivity contribution in [2.24, 2.45) is 0 Å². The van der Waals surface area contributed by atoms with Crippen LogP contribution in [0.15, 0.2) is 12.4 Å². The van der Waals surface area contributed by atoms with Crippen molar-refractivity contribution in [2.75, 3.05) is 12.4 Å². The van der Waals surface area contributed by atoms with Crippen LogP contribution in [0, 0.1) is 11.3 Å². The Labute approximate surface area is 101 Å². The molecular formula is C12H16N4O. The lowest BCUT2D eigenvalue weighted by molar-refractivity contribution is 0.0669. The maximum absolute atomic E-state index is 8.93. The van der Waals surface area contributed by atoms with Crippen LogP contribution in [0.25, 0.3) is 0 Å². The van der Waals surface area contributed by atoms with E-state index in [9.17, 15) is 0 Å². The van der Waals surface area contributed by atoms with Crippen LogP contribution in [0.2, 0.25) is 0 Å². The van der Waals surface area contributed by atoms with Gasteiger partial charge in [0, 0.05) is 25.5 Å². The Bertz CT molecular complexity index is 415. The Balaban J connectivity index is 2.03. The molecule has 5 nitrogen and oxygen atoms in total. The molecule has 0 aromatic carbocycles. The van der Waals surface area contributed by atoms with Crippen molar-refractivity contribution >= 4 is 5.82 Å². The molecule has 0 radical (unpaired) electrons. The predicted molar refractivity (Wildman–Crippen MR) is 63.4 cm³/mol. The fourth-order valence-corrected chi connectivity index (χ4v) is 2.21. The van der Waals surface area contributed by atoms with Gasteiger partial charge in [-0.25, -0.2) is 9.97 Å². The Morgan fingerprint density at radius 3 is 3.00 bits per heavy atom. The summed E-state index contributed by atoms with van der Waals surface area (Å²) >= 11 is 0. The molecule has 1 saturated carbocycles. The monoisotopic (exact) mass is 232 g/mol. The third-order valence-corrected chi connectivity index (χ3v) is 3.10. The highest BCUT2D eigenvalue weighted by molar-refractivity contribution is 5.47. The Morgan fingerprint density at radius 2 is 2.24 bits per heavy atom. The zero-order valence-corrected chi connectivity index (χ0v) is 9.89. The topological polar surface area (TPSA) is 70.8 Å². The molecule has 1 aliphatic rings. The van der Waals surface area contributed by atoms with Crippen LogP contribution in [-0.4, -0.2) is 29.2 Å². The Kier molecular flexibility index (Phi) is 3.89. The van der Waals surface area contributed by atoms with Gasteiger partial charge in [0.2, 0.25) is 0 Å². The molecule has 1 aromatic rings. The van der Waals surface area contributed by atoms with Crippen molar-refractivity contribution in [3.05, 3.63) is 18.1 Å². The second-order valence-electron chi connectivity index (χ2n) is 4.23. The predicted octanol–water partition coefficient (Wildman–Crippen LogP) is 1.72. The van der Waals surface area contributed by atoms with E-state index in [0.29, 0.717) is 23.7 Å². The van der Waals surface area contributed by atoms with E-state index in [4.69, 9.17) is 10.00 Å². The lowest BCUT2D eigenvalue weighted by Crippen LogP contribution is -2.31. The molecule has 1 N–H and O–H groups in total. The van der Waals surface area contributed by atoms with Crippen LogP contribution < -0.4 is 5.32 Å². The van der Waals surface area contributed by atoms with Gasteiger partial charge in [-0.1, -0.05) is 0 Å². The molecule has 5 heteroatoms. The summed E-state index contributed by atoms with van der Waals surface area (Å²) in [5.41, 5.74) is 0.354. The van der Waals surface area contributed by atoms with E-state index in [1.54, 1.807) is 13.3 Å². The minimum absolute atomic E-state index is 0.309. The molecule has 17 heavy (non-hydrogen) atoms. The number of anilines is 1. The number of aromatic nitrogens is 2. The molecular weight excluding hydrogens is 216 g/mol. The van der Waals surface area contributed by atoms with Crippen LogP contribution in [0.3, 0.4) is 0 Å². The molecule has 1 aliphatic carbocycles. The zero-order chi connectivity index (χ0) is 12.1. The first kappa shape index (κ1) is 11.8. The second kappa shape index (κ2) is 5.60. The van der Waals surface area contributed by atoms with Crippen LogP contribution >= 0.6 is 0 Å². The summed E-state index contributed by atoms with van der Waals surface area (Å²) in [6.45, 7) is 0. The van der Waals surface area contributed by atoms with E-state index < -0.39 is 0 Å². The molecule has 1 heterocycles. The van der Waals surface area contributed by atoms with Crippen LogP contribution in [0.4, 0.5) is 5.82 Å². The molecule has 2 unspecified atom stereocenters. The van der Waals surface area contributed by atoms with Gasteiger partial charge in [-0.15, -0.1) is 0 Å². The maximum atomic E-state index is 8.93. The molecule has 2 rings (SSSR count). The van der Waals surface area contributed by atoms with Crippen LogP contribution in [-0.2, 0) is 4.74 Å². The Hall–Kier alpha value is -1.67. The molecule has 1 fully saturated rings. The highest BCUT2D eigenvalue weighted by Gasteiger charge is 2.22. The highest BCUT2D eigenvalue weighted by atomic mass is 16.5. The molecule has 1 aromatic heterocycles. The van der Waals surface area contributed by atoms with Crippen molar-refractivity contribution in [1.29, 1.82) is 5.26 Å². The molecule has 90 valence electrons. The minimum atomic E-state index is 0.309. The molecule has 0 amide bonds. The number of methoxy groups -OCH3 is 1. The number of nitriles is 1. The van der Waals surface area contributed by atoms with E-state index in [2.05, 4.69) is 15.3 Å². The van der Waals surface area contributed by atoms with Crippen molar-refractivity contribution < 1.29 is 4.74 Å². The molecule has 0 spiro atoms. The van der Waals surface area contributed by atoms with Gasteiger partial charge >= 0.3 is 0 Å². The van der Waals surface area contributed by atoms with Crippen LogP contribution in [0.1, 0.15) is 31.4 Å². The summed E-state index contributed by atoms with van der Waals surface area (Å²) in [5, 5.41) is 12.2. The third kappa shape index (κ3) is 2.92. The summed E-state index contributed by atoms with van der Waals surface area (Å²) < 4.78 is 5.37. The van der Waals surface area contributed by atoms with E-state index >= 15 is 0 Å². The number of ether oxygens (including phenoxy) is 1. The minimum Gasteiger partial charge on any atom is -0.381 e. The molecule has 0 saturated heterocycles. The average Bonchev–Trinajstić information content (AvgIpc) is 2.39. The van der Waals surface area contributed by atoms with Crippen LogP contribution in [0.5, 0.6) is 0 Å². The standard InChI is InChI=1S/C12H16N4O/c1-17-10-4-2-3-9(7-10)16-12-11(8-13)14-5-6-15-12/h5-6,9-10H,2-4,7H2,1H3,(H,15,16). The maximum Gasteiger partial charge on any atom is 0.182 e. The van der Waals surface area contributed by atoms with E-state index in [0.717, 1.165) is 25.7 Å². The smallest absolute Gasteiger partial charge is 0.182 e. The van der Waals surface area contributed by atoms with Gasteiger partial charge in [-0.2, -0.15) is 5.26 Å². The first-order valence-corrected chi connectivity index (χ1v) is 5.84. The number of hydrogen-bond donors (Lipinski definition) is 1. The lowest BCUT2D eigenvalue weighted by atomic mass is 9.93. The molecule has 0 aliphatic heterocycles. The number of rotatable bonds is 3. The summed E-state index contributed by atoms with van der Waals surface area (Å²) in [4.78, 5) is 8.14. The van der Waals surface area contributed by atoms with Gasteiger partial charge < -0.3 is 10.1 Å². The van der Waals surface area contributed by atoms with E-state index in [1.807, 2.05) is 6.07 Å². The van der Waals surface area contributed by atoms with Crippen molar-refractivity contribution in [3.8, 4) is 6.07 Å². The third-order valence-electron chi connectivity index (χ3n) is 3.10. The van der Waals surface area contributed by atoms with E-state index in [1.165, 1.54) is 6.20 Å². The average molecular weight is 232 g/mol. The molecule has 0 bridgehead atoms. The highest BCUT2D eigenvalue weighted by Crippen LogP contribution is 2.23. The number of nitrogens with zero attached hydrogens (tertiary/aromatic N) is 3. The number of nitrogens with one attached hydrogen (secondary N) is 1. The van der Waals surface area contributed by atoms with Gasteiger partial charge in [0.05, 0.1) is 6.10 Å². The fraction of sp³-hybridized carbons (Fsp3) is 0.583. The first-order valence-electron chi connectivity index (χ1n) is 5.84.